The maximum Gasteiger partial charge on any atom is 0.224 e. The average molecular weight is 299 g/mol. The Morgan fingerprint density at radius 2 is 2.24 bits per heavy atom. The van der Waals surface area contributed by atoms with Gasteiger partial charge >= 0.3 is 0 Å². The normalized spacial score (nSPS) is 10.7. The van der Waals surface area contributed by atoms with Crippen molar-refractivity contribution in [2.75, 3.05) is 0 Å². The lowest BCUT2D eigenvalue weighted by atomic mass is 10.0. The quantitative estimate of drug-likeness (QED) is 0.594. The zero-order valence-electron chi connectivity index (χ0n) is 11.0. The van der Waals surface area contributed by atoms with Crippen molar-refractivity contribution in [1.29, 1.82) is 0 Å². The van der Waals surface area contributed by atoms with Crippen molar-refractivity contribution in [3.8, 4) is 11.3 Å². The first-order valence-electron chi connectivity index (χ1n) is 6.28. The average Bonchev–Trinajstić information content (AvgIpc) is 2.94. The van der Waals surface area contributed by atoms with Crippen molar-refractivity contribution in [2.24, 2.45) is 0 Å². The molecule has 0 unspecified atom stereocenters. The number of halogens is 1. The maximum atomic E-state index is 11.5. The molecule has 0 amide bonds. The van der Waals surface area contributed by atoms with Crippen LogP contribution in [0.1, 0.15) is 5.56 Å². The Morgan fingerprint density at radius 3 is 3.05 bits per heavy atom. The highest BCUT2D eigenvalue weighted by atomic mass is 35.5. The van der Waals surface area contributed by atoms with Gasteiger partial charge in [0, 0.05) is 12.0 Å². The van der Waals surface area contributed by atoms with Crippen LogP contribution in [-0.4, -0.2) is 25.9 Å². The van der Waals surface area contributed by atoms with Gasteiger partial charge in [0.2, 0.25) is 5.28 Å². The van der Waals surface area contributed by atoms with Gasteiger partial charge in [-0.1, -0.05) is 24.8 Å². The fraction of sp³-hybridized carbons (Fsp3) is 0.0667. The van der Waals surface area contributed by atoms with Crippen molar-refractivity contribution in [2.45, 2.75) is 6.42 Å². The summed E-state index contributed by atoms with van der Waals surface area (Å²) in [4.78, 5) is 19.8. The number of aromatic amines is 1. The van der Waals surface area contributed by atoms with Gasteiger partial charge in [-0.25, -0.2) is 4.98 Å². The first kappa shape index (κ1) is 13.5. The number of carbonyl (C=O) groups excluding carboxylic acids is 1. The largest absolute Gasteiger partial charge is 0.295 e. The summed E-state index contributed by atoms with van der Waals surface area (Å²) in [5.74, 6) is -0.0265. The third-order valence-corrected chi connectivity index (χ3v) is 3.26. The zero-order chi connectivity index (χ0) is 14.8. The molecule has 0 bridgehead atoms. The smallest absolute Gasteiger partial charge is 0.224 e. The molecule has 0 aliphatic carbocycles. The van der Waals surface area contributed by atoms with E-state index in [-0.39, 0.29) is 11.1 Å². The first-order chi connectivity index (χ1) is 10.2. The number of aromatic nitrogens is 4. The Morgan fingerprint density at radius 1 is 1.38 bits per heavy atom. The summed E-state index contributed by atoms with van der Waals surface area (Å²) < 4.78 is 0. The molecule has 0 saturated heterocycles. The molecule has 5 nitrogen and oxygen atoms in total. The van der Waals surface area contributed by atoms with E-state index in [0.29, 0.717) is 17.8 Å². The number of hydrogen-bond donors (Lipinski definition) is 1. The molecule has 0 atom stereocenters. The number of H-pyrrole nitrogens is 1. The number of nitrogens with one attached hydrogen (secondary N) is 1. The van der Waals surface area contributed by atoms with Crippen LogP contribution < -0.4 is 0 Å². The van der Waals surface area contributed by atoms with Crippen molar-refractivity contribution in [3.05, 3.63) is 54.0 Å². The Bertz CT molecular complexity index is 841. The van der Waals surface area contributed by atoms with Crippen molar-refractivity contribution >= 4 is 28.4 Å². The second kappa shape index (κ2) is 5.46. The lowest BCUT2D eigenvalue weighted by Crippen LogP contribution is -1.98. The number of rotatable bonds is 4. The molecule has 3 rings (SSSR count). The van der Waals surface area contributed by atoms with Gasteiger partial charge in [-0.3, -0.25) is 9.89 Å². The summed E-state index contributed by atoms with van der Waals surface area (Å²) in [5.41, 5.74) is 3.02. The van der Waals surface area contributed by atoms with Crippen LogP contribution in [0.2, 0.25) is 5.28 Å². The standard InChI is InChI=1S/C15H11ClN4O/c1-2-11(21)7-9-4-3-5-10(6-9)13-12-8-17-20-14(12)19-15(16)18-13/h2-6,8H,1,7H2,(H,17,18,19,20). The number of benzene rings is 1. The van der Waals surface area contributed by atoms with Crippen molar-refractivity contribution in [1.82, 2.24) is 20.2 Å². The van der Waals surface area contributed by atoms with Crippen LogP contribution in [0.3, 0.4) is 0 Å². The number of ketones is 1. The molecule has 6 heteroatoms. The summed E-state index contributed by atoms with van der Waals surface area (Å²) in [6.07, 6.45) is 3.29. The van der Waals surface area contributed by atoms with Crippen LogP contribution in [0.25, 0.3) is 22.3 Å². The van der Waals surface area contributed by atoms with Gasteiger partial charge in [0.15, 0.2) is 11.4 Å². The van der Waals surface area contributed by atoms with Crippen LogP contribution in [0, 0.1) is 0 Å². The number of nitrogens with zero attached hydrogens (tertiary/aromatic N) is 3. The molecule has 0 radical (unpaired) electrons. The van der Waals surface area contributed by atoms with Gasteiger partial charge in [-0.15, -0.1) is 0 Å². The molecule has 0 saturated carbocycles. The van der Waals surface area contributed by atoms with Gasteiger partial charge < -0.3 is 0 Å². The first-order valence-corrected chi connectivity index (χ1v) is 6.66. The van der Waals surface area contributed by atoms with Crippen molar-refractivity contribution < 1.29 is 4.79 Å². The number of hydrogen-bond acceptors (Lipinski definition) is 4. The fourth-order valence-electron chi connectivity index (χ4n) is 2.13. The lowest BCUT2D eigenvalue weighted by Gasteiger charge is -2.05. The van der Waals surface area contributed by atoms with Crippen molar-refractivity contribution in [3.63, 3.8) is 0 Å². The minimum atomic E-state index is -0.0265. The SMILES string of the molecule is C=CC(=O)Cc1cccc(-c2nc(Cl)nc3[nH]ncc23)c1. The Hall–Kier alpha value is -2.53. The van der Waals surface area contributed by atoms with E-state index in [9.17, 15) is 4.79 Å². The molecule has 0 aliphatic heterocycles. The molecular weight excluding hydrogens is 288 g/mol. The summed E-state index contributed by atoms with van der Waals surface area (Å²) in [7, 11) is 0. The van der Waals surface area contributed by atoms with E-state index in [2.05, 4.69) is 26.7 Å². The third kappa shape index (κ3) is 2.68. The van der Waals surface area contributed by atoms with Crippen LogP contribution in [-0.2, 0) is 11.2 Å². The predicted molar refractivity (Wildman–Crippen MR) is 81.0 cm³/mol. The van der Waals surface area contributed by atoms with Gasteiger partial charge in [-0.05, 0) is 29.3 Å². The number of fused-ring (bicyclic) bond motifs is 1. The number of carbonyl (C=O) groups is 1. The molecule has 2 heterocycles. The topological polar surface area (TPSA) is 71.5 Å². The molecule has 0 spiro atoms. The van der Waals surface area contributed by atoms with Crippen LogP contribution in [0.5, 0.6) is 0 Å². The van der Waals surface area contributed by atoms with E-state index in [1.807, 2.05) is 24.3 Å². The second-order valence-electron chi connectivity index (χ2n) is 4.52. The van der Waals surface area contributed by atoms with Gasteiger partial charge in [0.25, 0.3) is 0 Å². The van der Waals surface area contributed by atoms with Gasteiger partial charge in [0.05, 0.1) is 17.3 Å². The van der Waals surface area contributed by atoms with E-state index in [1.165, 1.54) is 6.08 Å². The van der Waals surface area contributed by atoms with E-state index < -0.39 is 0 Å². The summed E-state index contributed by atoms with van der Waals surface area (Å²) >= 11 is 5.94. The van der Waals surface area contributed by atoms with Crippen LogP contribution in [0.4, 0.5) is 0 Å². The van der Waals surface area contributed by atoms with Gasteiger partial charge in [-0.2, -0.15) is 10.1 Å². The monoisotopic (exact) mass is 298 g/mol. The fourth-order valence-corrected chi connectivity index (χ4v) is 2.30. The number of allylic oxidation sites excluding steroid dienone is 1. The van der Waals surface area contributed by atoms with Crippen LogP contribution >= 0.6 is 11.6 Å². The maximum absolute atomic E-state index is 11.5. The minimum absolute atomic E-state index is 0.0265. The predicted octanol–water partition coefficient (Wildman–Crippen LogP) is 2.97. The summed E-state index contributed by atoms with van der Waals surface area (Å²) in [6, 6.07) is 7.59. The molecule has 2 aromatic heterocycles. The minimum Gasteiger partial charge on any atom is -0.295 e. The van der Waals surface area contributed by atoms with E-state index in [0.717, 1.165) is 16.5 Å². The highest BCUT2D eigenvalue weighted by Gasteiger charge is 2.11. The Labute approximate surface area is 125 Å². The Kier molecular flexibility index (Phi) is 3.50. The lowest BCUT2D eigenvalue weighted by molar-refractivity contribution is -0.114. The van der Waals surface area contributed by atoms with E-state index in [1.54, 1.807) is 6.20 Å². The van der Waals surface area contributed by atoms with Gasteiger partial charge in [0.1, 0.15) is 0 Å². The Balaban J connectivity index is 2.10. The second-order valence-corrected chi connectivity index (χ2v) is 4.86. The molecule has 0 fully saturated rings. The highest BCUT2D eigenvalue weighted by Crippen LogP contribution is 2.26. The summed E-state index contributed by atoms with van der Waals surface area (Å²) in [6.45, 7) is 3.48. The third-order valence-electron chi connectivity index (χ3n) is 3.09. The molecular formula is C15H11ClN4O. The van der Waals surface area contributed by atoms with E-state index >= 15 is 0 Å². The van der Waals surface area contributed by atoms with E-state index in [4.69, 9.17) is 11.6 Å². The zero-order valence-corrected chi connectivity index (χ0v) is 11.8. The summed E-state index contributed by atoms with van der Waals surface area (Å²) in [5, 5.41) is 7.66. The molecule has 104 valence electrons. The van der Waals surface area contributed by atoms with Crippen LogP contribution in [0.15, 0.2) is 43.1 Å². The highest BCUT2D eigenvalue weighted by molar-refractivity contribution is 6.28. The molecule has 21 heavy (non-hydrogen) atoms. The molecule has 0 aliphatic rings. The molecule has 1 aromatic carbocycles. The molecule has 1 N–H and O–H groups in total. The molecule has 3 aromatic rings.